The van der Waals surface area contributed by atoms with E-state index in [0.29, 0.717) is 48.2 Å². The van der Waals surface area contributed by atoms with Crippen LogP contribution >= 0.6 is 0 Å². The lowest BCUT2D eigenvalue weighted by Gasteiger charge is -2.30. The van der Waals surface area contributed by atoms with Crippen molar-refractivity contribution in [1.82, 2.24) is 4.90 Å². The molecule has 0 fully saturated rings. The number of rotatable bonds is 15. The largest absolute Gasteiger partial charge is 0.496 e. The van der Waals surface area contributed by atoms with Gasteiger partial charge in [-0.15, -0.1) is 0 Å². The predicted octanol–water partition coefficient (Wildman–Crippen LogP) is 3.26. The minimum absolute atomic E-state index is 0.0907. The topological polar surface area (TPSA) is 108 Å². The molecule has 0 bridgehead atoms. The molecule has 200 valence electrons. The van der Waals surface area contributed by atoms with Crippen molar-refractivity contribution >= 4 is 24.5 Å². The first-order valence-corrected chi connectivity index (χ1v) is 12.0. The molecule has 1 unspecified atom stereocenters. The zero-order valence-electron chi connectivity index (χ0n) is 22.1. The predicted molar refractivity (Wildman–Crippen MR) is 138 cm³/mol. The molecule has 37 heavy (non-hydrogen) atoms. The number of methoxy groups -OCH3 is 3. The fraction of sp³-hybridized carbons (Fsp3) is 0.429. The van der Waals surface area contributed by atoms with Gasteiger partial charge in [0.2, 0.25) is 0 Å². The van der Waals surface area contributed by atoms with E-state index in [4.69, 9.17) is 18.9 Å². The van der Waals surface area contributed by atoms with Gasteiger partial charge in [0, 0.05) is 6.54 Å². The third-order valence-corrected chi connectivity index (χ3v) is 6.31. The standard InChI is InChI=1S/C28H35NO8/c1-6-37-27(33)28(26(32)36-5,23-11-10-22(19-31)25(17-23)35-4)13-7-14-29(2)15-12-20-8-9-21(18-30)24(16-20)34-3/h8-11,16-19H,6-7,12-15H2,1-5H3. The zero-order chi connectivity index (χ0) is 27.4. The molecule has 0 N–H and O–H groups in total. The molecule has 0 aliphatic rings. The second-order valence-corrected chi connectivity index (χ2v) is 8.54. The number of esters is 2. The Morgan fingerprint density at radius 3 is 2.08 bits per heavy atom. The normalized spacial score (nSPS) is 12.4. The van der Waals surface area contributed by atoms with Gasteiger partial charge in [-0.2, -0.15) is 0 Å². The molecule has 0 saturated carbocycles. The van der Waals surface area contributed by atoms with E-state index in [1.54, 1.807) is 19.1 Å². The molecule has 0 aliphatic carbocycles. The SMILES string of the molecule is CCOC(=O)C(CCCN(C)CCc1ccc(C=O)c(OC)c1)(C(=O)OC)c1ccc(C=O)c(OC)c1. The molecule has 2 rings (SSSR count). The summed E-state index contributed by atoms with van der Waals surface area (Å²) in [6.45, 7) is 3.05. The molecule has 2 aromatic carbocycles. The molecule has 0 amide bonds. The number of carbonyl (C=O) groups excluding carboxylic acids is 4. The maximum absolute atomic E-state index is 13.2. The van der Waals surface area contributed by atoms with Crippen LogP contribution in [-0.2, 0) is 30.9 Å². The summed E-state index contributed by atoms with van der Waals surface area (Å²) in [5.74, 6) is -0.675. The first-order valence-electron chi connectivity index (χ1n) is 12.0. The zero-order valence-corrected chi connectivity index (χ0v) is 22.1. The van der Waals surface area contributed by atoms with Crippen LogP contribution in [0.3, 0.4) is 0 Å². The summed E-state index contributed by atoms with van der Waals surface area (Å²) in [6.07, 6.45) is 2.73. The molecule has 2 aromatic rings. The van der Waals surface area contributed by atoms with Crippen LogP contribution in [0.5, 0.6) is 11.5 Å². The lowest BCUT2D eigenvalue weighted by molar-refractivity contribution is -0.164. The lowest BCUT2D eigenvalue weighted by Crippen LogP contribution is -2.46. The summed E-state index contributed by atoms with van der Waals surface area (Å²) >= 11 is 0. The number of nitrogens with zero attached hydrogens (tertiary/aromatic N) is 1. The summed E-state index contributed by atoms with van der Waals surface area (Å²) in [5, 5.41) is 0. The first kappa shape index (κ1) is 29.5. The van der Waals surface area contributed by atoms with Crippen LogP contribution in [0.2, 0.25) is 0 Å². The van der Waals surface area contributed by atoms with Gasteiger partial charge < -0.3 is 23.8 Å². The van der Waals surface area contributed by atoms with Crippen LogP contribution in [0.1, 0.15) is 51.6 Å². The molecule has 0 heterocycles. The Labute approximate surface area is 217 Å². The van der Waals surface area contributed by atoms with Gasteiger partial charge in [-0.05, 0) is 75.2 Å². The van der Waals surface area contributed by atoms with Crippen LogP contribution in [0.4, 0.5) is 0 Å². The third-order valence-electron chi connectivity index (χ3n) is 6.31. The molecule has 0 radical (unpaired) electrons. The number of benzene rings is 2. The quantitative estimate of drug-likeness (QED) is 0.201. The fourth-order valence-corrected chi connectivity index (χ4v) is 4.22. The van der Waals surface area contributed by atoms with Crippen molar-refractivity contribution in [2.24, 2.45) is 0 Å². The van der Waals surface area contributed by atoms with Gasteiger partial charge in [-0.3, -0.25) is 19.2 Å². The van der Waals surface area contributed by atoms with Crippen LogP contribution in [0, 0.1) is 0 Å². The molecule has 0 spiro atoms. The Balaban J connectivity index is 2.22. The summed E-state index contributed by atoms with van der Waals surface area (Å²) in [6, 6.07) is 10.0. The Kier molecular flexibility index (Phi) is 11.3. The van der Waals surface area contributed by atoms with E-state index < -0.39 is 17.4 Å². The maximum atomic E-state index is 13.2. The Morgan fingerprint density at radius 1 is 0.892 bits per heavy atom. The van der Waals surface area contributed by atoms with Crippen molar-refractivity contribution in [2.75, 3.05) is 48.1 Å². The second kappa shape index (κ2) is 14.1. The molecule has 0 aromatic heterocycles. The highest BCUT2D eigenvalue weighted by atomic mass is 16.6. The average Bonchev–Trinajstić information content (AvgIpc) is 2.93. The number of hydrogen-bond acceptors (Lipinski definition) is 9. The third kappa shape index (κ3) is 6.95. The van der Waals surface area contributed by atoms with E-state index >= 15 is 0 Å². The van der Waals surface area contributed by atoms with Gasteiger partial charge in [0.1, 0.15) is 11.5 Å². The van der Waals surface area contributed by atoms with Crippen molar-refractivity contribution in [2.45, 2.75) is 31.6 Å². The first-order chi connectivity index (χ1) is 17.8. The monoisotopic (exact) mass is 513 g/mol. The highest BCUT2D eigenvalue weighted by Gasteiger charge is 2.50. The summed E-state index contributed by atoms with van der Waals surface area (Å²) in [7, 11) is 6.11. The van der Waals surface area contributed by atoms with Crippen molar-refractivity contribution in [3.63, 3.8) is 0 Å². The minimum atomic E-state index is -1.71. The van der Waals surface area contributed by atoms with E-state index in [1.165, 1.54) is 33.5 Å². The van der Waals surface area contributed by atoms with Crippen LogP contribution in [-0.4, -0.2) is 77.5 Å². The molecule has 9 heteroatoms. The molecule has 9 nitrogen and oxygen atoms in total. The summed E-state index contributed by atoms with van der Waals surface area (Å²) < 4.78 is 21.0. The molecule has 0 aliphatic heterocycles. The van der Waals surface area contributed by atoms with Crippen LogP contribution < -0.4 is 9.47 Å². The van der Waals surface area contributed by atoms with Gasteiger partial charge in [-0.25, -0.2) is 0 Å². The van der Waals surface area contributed by atoms with Gasteiger partial charge in [-0.1, -0.05) is 12.1 Å². The average molecular weight is 514 g/mol. The van der Waals surface area contributed by atoms with E-state index in [1.807, 2.05) is 19.2 Å². The van der Waals surface area contributed by atoms with E-state index in [-0.39, 0.29) is 18.8 Å². The van der Waals surface area contributed by atoms with E-state index in [9.17, 15) is 19.2 Å². The van der Waals surface area contributed by atoms with Gasteiger partial charge in [0.05, 0.1) is 39.1 Å². The Bertz CT molecular complexity index is 1100. The van der Waals surface area contributed by atoms with Crippen LogP contribution in [0.25, 0.3) is 0 Å². The number of hydrogen-bond donors (Lipinski definition) is 0. The van der Waals surface area contributed by atoms with Crippen molar-refractivity contribution in [3.05, 3.63) is 58.7 Å². The number of carbonyl (C=O) groups is 4. The van der Waals surface area contributed by atoms with Gasteiger partial charge in [0.25, 0.3) is 0 Å². The fourth-order valence-electron chi connectivity index (χ4n) is 4.22. The maximum Gasteiger partial charge on any atom is 0.328 e. The van der Waals surface area contributed by atoms with Gasteiger partial charge >= 0.3 is 11.9 Å². The number of aldehydes is 2. The second-order valence-electron chi connectivity index (χ2n) is 8.54. The minimum Gasteiger partial charge on any atom is -0.496 e. The van der Waals surface area contributed by atoms with E-state index in [2.05, 4.69) is 4.90 Å². The summed E-state index contributed by atoms with van der Waals surface area (Å²) in [5.41, 5.74) is 0.442. The molecular weight excluding hydrogens is 478 g/mol. The molecule has 1 atom stereocenters. The Hall–Kier alpha value is -3.72. The van der Waals surface area contributed by atoms with Crippen molar-refractivity contribution in [1.29, 1.82) is 0 Å². The van der Waals surface area contributed by atoms with Crippen LogP contribution in [0.15, 0.2) is 36.4 Å². The van der Waals surface area contributed by atoms with E-state index in [0.717, 1.165) is 18.3 Å². The highest BCUT2D eigenvalue weighted by molar-refractivity contribution is 6.06. The smallest absolute Gasteiger partial charge is 0.328 e. The van der Waals surface area contributed by atoms with Crippen molar-refractivity contribution in [3.8, 4) is 11.5 Å². The summed E-state index contributed by atoms with van der Waals surface area (Å²) in [4.78, 5) is 50.9. The lowest BCUT2D eigenvalue weighted by atomic mass is 9.76. The Morgan fingerprint density at radius 2 is 1.51 bits per heavy atom. The number of ether oxygens (including phenoxy) is 4. The molecular formula is C28H35NO8. The van der Waals surface area contributed by atoms with Gasteiger partial charge in [0.15, 0.2) is 18.0 Å². The molecule has 0 saturated heterocycles. The van der Waals surface area contributed by atoms with Crippen molar-refractivity contribution < 1.29 is 38.1 Å². The number of likely N-dealkylation sites (N-methyl/N-ethyl adjacent to an activating group) is 1. The highest BCUT2D eigenvalue weighted by Crippen LogP contribution is 2.36.